The van der Waals surface area contributed by atoms with E-state index in [9.17, 15) is 4.79 Å². The van der Waals surface area contributed by atoms with E-state index in [4.69, 9.17) is 4.74 Å². The summed E-state index contributed by atoms with van der Waals surface area (Å²) in [6, 6.07) is 0. The summed E-state index contributed by atoms with van der Waals surface area (Å²) in [6.07, 6.45) is 6.89. The standard InChI is InChI=1S/C14H28O2/c1-5-7-8-12(3)9-10-13(4)11-14(15)16-6-2/h12-13H,5-11H2,1-4H3. The van der Waals surface area contributed by atoms with Gasteiger partial charge >= 0.3 is 5.97 Å². The lowest BCUT2D eigenvalue weighted by Gasteiger charge is -2.14. The van der Waals surface area contributed by atoms with Crippen molar-refractivity contribution in [2.75, 3.05) is 6.61 Å². The third-order valence-corrected chi connectivity index (χ3v) is 3.02. The maximum atomic E-state index is 11.2. The van der Waals surface area contributed by atoms with Crippen molar-refractivity contribution in [3.63, 3.8) is 0 Å². The van der Waals surface area contributed by atoms with Crippen LogP contribution in [-0.2, 0) is 9.53 Å². The third kappa shape index (κ3) is 8.75. The predicted octanol–water partition coefficient (Wildman–Crippen LogP) is 4.18. The smallest absolute Gasteiger partial charge is 0.306 e. The Labute approximate surface area is 101 Å². The van der Waals surface area contributed by atoms with E-state index in [1.807, 2.05) is 6.92 Å². The van der Waals surface area contributed by atoms with Gasteiger partial charge in [0.05, 0.1) is 6.61 Å². The summed E-state index contributed by atoms with van der Waals surface area (Å²) in [6.45, 7) is 9.04. The van der Waals surface area contributed by atoms with Crippen molar-refractivity contribution in [2.24, 2.45) is 11.8 Å². The van der Waals surface area contributed by atoms with E-state index >= 15 is 0 Å². The lowest BCUT2D eigenvalue weighted by atomic mass is 9.93. The monoisotopic (exact) mass is 228 g/mol. The van der Waals surface area contributed by atoms with Crippen molar-refractivity contribution in [2.45, 2.75) is 66.2 Å². The van der Waals surface area contributed by atoms with E-state index in [-0.39, 0.29) is 5.97 Å². The first-order valence-corrected chi connectivity index (χ1v) is 6.75. The Morgan fingerprint density at radius 3 is 2.25 bits per heavy atom. The topological polar surface area (TPSA) is 26.3 Å². The first-order chi connectivity index (χ1) is 7.60. The summed E-state index contributed by atoms with van der Waals surface area (Å²) in [5.74, 6) is 1.21. The van der Waals surface area contributed by atoms with E-state index in [1.165, 1.54) is 25.7 Å². The number of carbonyl (C=O) groups is 1. The molecule has 2 atom stereocenters. The molecule has 0 rings (SSSR count). The second-order valence-corrected chi connectivity index (χ2v) is 4.94. The third-order valence-electron chi connectivity index (χ3n) is 3.02. The SMILES string of the molecule is CCCCC(C)CCC(C)CC(=O)OCC. The molecular formula is C14H28O2. The van der Waals surface area contributed by atoms with Crippen LogP contribution in [0.4, 0.5) is 0 Å². The van der Waals surface area contributed by atoms with Crippen molar-refractivity contribution in [3.8, 4) is 0 Å². The fraction of sp³-hybridized carbons (Fsp3) is 0.929. The van der Waals surface area contributed by atoms with Crippen LogP contribution in [0.1, 0.15) is 66.2 Å². The summed E-state index contributed by atoms with van der Waals surface area (Å²) in [5.41, 5.74) is 0. The van der Waals surface area contributed by atoms with Crippen LogP contribution in [0, 0.1) is 11.8 Å². The zero-order chi connectivity index (χ0) is 12.4. The predicted molar refractivity (Wildman–Crippen MR) is 68.3 cm³/mol. The molecule has 96 valence electrons. The summed E-state index contributed by atoms with van der Waals surface area (Å²) in [7, 11) is 0. The van der Waals surface area contributed by atoms with Gasteiger partial charge in [-0.05, 0) is 25.2 Å². The molecule has 0 saturated carbocycles. The molecule has 0 aromatic carbocycles. The Morgan fingerprint density at radius 1 is 1.06 bits per heavy atom. The van der Waals surface area contributed by atoms with E-state index < -0.39 is 0 Å². The van der Waals surface area contributed by atoms with Gasteiger partial charge in [-0.3, -0.25) is 4.79 Å². The minimum Gasteiger partial charge on any atom is -0.466 e. The molecule has 0 bridgehead atoms. The number of esters is 1. The molecule has 2 heteroatoms. The van der Waals surface area contributed by atoms with Crippen LogP contribution in [0.3, 0.4) is 0 Å². The van der Waals surface area contributed by atoms with E-state index in [0.717, 1.165) is 12.3 Å². The van der Waals surface area contributed by atoms with Crippen LogP contribution in [0.2, 0.25) is 0 Å². The Bertz CT molecular complexity index is 178. The lowest BCUT2D eigenvalue weighted by Crippen LogP contribution is -2.10. The number of carbonyl (C=O) groups excluding carboxylic acids is 1. The van der Waals surface area contributed by atoms with Crippen molar-refractivity contribution in [3.05, 3.63) is 0 Å². The van der Waals surface area contributed by atoms with Gasteiger partial charge in [0, 0.05) is 6.42 Å². The zero-order valence-corrected chi connectivity index (χ0v) is 11.4. The lowest BCUT2D eigenvalue weighted by molar-refractivity contribution is -0.144. The van der Waals surface area contributed by atoms with Gasteiger partial charge < -0.3 is 4.74 Å². The van der Waals surface area contributed by atoms with Crippen LogP contribution < -0.4 is 0 Å². The molecule has 0 aliphatic carbocycles. The Hall–Kier alpha value is -0.530. The van der Waals surface area contributed by atoms with Crippen LogP contribution in [0.25, 0.3) is 0 Å². The number of rotatable bonds is 9. The van der Waals surface area contributed by atoms with E-state index in [2.05, 4.69) is 20.8 Å². The molecule has 2 nitrogen and oxygen atoms in total. The molecule has 0 saturated heterocycles. The van der Waals surface area contributed by atoms with Gasteiger partial charge in [-0.15, -0.1) is 0 Å². The molecule has 0 aromatic heterocycles. The number of hydrogen-bond donors (Lipinski definition) is 0. The molecule has 0 heterocycles. The second kappa shape index (κ2) is 9.68. The highest BCUT2D eigenvalue weighted by molar-refractivity contribution is 5.69. The van der Waals surface area contributed by atoms with Gasteiger partial charge in [-0.25, -0.2) is 0 Å². The van der Waals surface area contributed by atoms with Crippen molar-refractivity contribution in [1.29, 1.82) is 0 Å². The molecule has 0 radical (unpaired) electrons. The van der Waals surface area contributed by atoms with Gasteiger partial charge in [0.1, 0.15) is 0 Å². The summed E-state index contributed by atoms with van der Waals surface area (Å²) in [4.78, 5) is 11.2. The number of hydrogen-bond acceptors (Lipinski definition) is 2. The highest BCUT2D eigenvalue weighted by atomic mass is 16.5. The maximum Gasteiger partial charge on any atom is 0.306 e. The van der Waals surface area contributed by atoms with Crippen LogP contribution in [0.5, 0.6) is 0 Å². The second-order valence-electron chi connectivity index (χ2n) is 4.94. The zero-order valence-electron chi connectivity index (χ0n) is 11.4. The van der Waals surface area contributed by atoms with Gasteiger partial charge in [-0.1, -0.05) is 46.5 Å². The molecule has 0 spiro atoms. The summed E-state index contributed by atoms with van der Waals surface area (Å²) in [5, 5.41) is 0. The van der Waals surface area contributed by atoms with Crippen molar-refractivity contribution in [1.82, 2.24) is 0 Å². The number of ether oxygens (including phenoxy) is 1. The Morgan fingerprint density at radius 2 is 1.69 bits per heavy atom. The Balaban J connectivity index is 3.55. The fourth-order valence-corrected chi connectivity index (χ4v) is 1.87. The average molecular weight is 228 g/mol. The normalized spacial score (nSPS) is 14.5. The number of unbranched alkanes of at least 4 members (excludes halogenated alkanes) is 1. The summed E-state index contributed by atoms with van der Waals surface area (Å²) < 4.78 is 4.95. The van der Waals surface area contributed by atoms with Crippen LogP contribution in [-0.4, -0.2) is 12.6 Å². The van der Waals surface area contributed by atoms with Gasteiger partial charge in [0.15, 0.2) is 0 Å². The van der Waals surface area contributed by atoms with Gasteiger partial charge in [0.25, 0.3) is 0 Å². The molecule has 0 aromatic rings. The Kier molecular flexibility index (Phi) is 9.36. The molecule has 2 unspecified atom stereocenters. The highest BCUT2D eigenvalue weighted by Crippen LogP contribution is 2.19. The minimum absolute atomic E-state index is 0.0452. The first kappa shape index (κ1) is 15.5. The van der Waals surface area contributed by atoms with Gasteiger partial charge in [-0.2, -0.15) is 0 Å². The highest BCUT2D eigenvalue weighted by Gasteiger charge is 2.11. The largest absolute Gasteiger partial charge is 0.466 e. The quantitative estimate of drug-likeness (QED) is 0.553. The first-order valence-electron chi connectivity index (χ1n) is 6.75. The van der Waals surface area contributed by atoms with Crippen molar-refractivity contribution >= 4 is 5.97 Å². The van der Waals surface area contributed by atoms with Gasteiger partial charge in [0.2, 0.25) is 0 Å². The van der Waals surface area contributed by atoms with E-state index in [1.54, 1.807) is 0 Å². The maximum absolute atomic E-state index is 11.2. The summed E-state index contributed by atoms with van der Waals surface area (Å²) >= 11 is 0. The average Bonchev–Trinajstić information content (AvgIpc) is 2.23. The molecule has 0 aliphatic rings. The molecular weight excluding hydrogens is 200 g/mol. The van der Waals surface area contributed by atoms with Crippen LogP contribution in [0.15, 0.2) is 0 Å². The van der Waals surface area contributed by atoms with Crippen molar-refractivity contribution < 1.29 is 9.53 Å². The molecule has 16 heavy (non-hydrogen) atoms. The van der Waals surface area contributed by atoms with Crippen LogP contribution >= 0.6 is 0 Å². The fourth-order valence-electron chi connectivity index (χ4n) is 1.87. The molecule has 0 amide bonds. The minimum atomic E-state index is -0.0452. The molecule has 0 fully saturated rings. The van der Waals surface area contributed by atoms with E-state index in [0.29, 0.717) is 18.9 Å². The molecule has 0 aliphatic heterocycles. The molecule has 0 N–H and O–H groups in total.